The fraction of sp³-hybridized carbons (Fsp3) is 0.933. The van der Waals surface area contributed by atoms with Crippen LogP contribution in [-0.2, 0) is 4.74 Å². The van der Waals surface area contributed by atoms with E-state index < -0.39 is 0 Å². The molecule has 2 saturated carbocycles. The van der Waals surface area contributed by atoms with Gasteiger partial charge in [0.25, 0.3) is 0 Å². The first-order chi connectivity index (χ1) is 9.14. The Morgan fingerprint density at radius 2 is 2.05 bits per heavy atom. The number of likely N-dealkylation sites (N-methyl/N-ethyl adjacent to an activating group) is 1. The van der Waals surface area contributed by atoms with E-state index in [9.17, 15) is 5.26 Å². The molecule has 3 rings (SSSR count). The zero-order valence-corrected chi connectivity index (χ0v) is 12.1. The second-order valence-electron chi connectivity index (χ2n) is 6.62. The highest BCUT2D eigenvalue weighted by Crippen LogP contribution is 2.42. The predicted octanol–water partition coefficient (Wildman–Crippen LogP) is 1.52. The summed E-state index contributed by atoms with van der Waals surface area (Å²) in [5.41, 5.74) is -0.321. The summed E-state index contributed by atoms with van der Waals surface area (Å²) in [5, 5.41) is 13.4. The van der Waals surface area contributed by atoms with Crippen molar-refractivity contribution in [3.05, 3.63) is 0 Å². The molecule has 4 nitrogen and oxygen atoms in total. The van der Waals surface area contributed by atoms with Crippen LogP contribution in [0.5, 0.6) is 0 Å². The van der Waals surface area contributed by atoms with Crippen molar-refractivity contribution >= 4 is 0 Å². The number of nitrogens with zero attached hydrogens (tertiary/aromatic N) is 2. The minimum absolute atomic E-state index is 0.293. The van der Waals surface area contributed by atoms with Crippen LogP contribution >= 0.6 is 0 Å². The van der Waals surface area contributed by atoms with E-state index >= 15 is 0 Å². The van der Waals surface area contributed by atoms with Gasteiger partial charge in [0.1, 0.15) is 5.54 Å². The van der Waals surface area contributed by atoms with E-state index in [-0.39, 0.29) is 5.54 Å². The van der Waals surface area contributed by atoms with E-state index in [1.54, 1.807) is 0 Å². The number of nitrogens with one attached hydrogen (secondary N) is 1. The molecule has 0 spiro atoms. The van der Waals surface area contributed by atoms with E-state index in [1.165, 1.54) is 25.7 Å². The Labute approximate surface area is 116 Å². The van der Waals surface area contributed by atoms with Crippen molar-refractivity contribution in [2.75, 3.05) is 20.2 Å². The topological polar surface area (TPSA) is 48.3 Å². The molecule has 3 unspecified atom stereocenters. The maximum absolute atomic E-state index is 9.75. The quantitative estimate of drug-likeness (QED) is 0.789. The molecule has 1 heterocycles. The summed E-state index contributed by atoms with van der Waals surface area (Å²) in [7, 11) is 2.15. The van der Waals surface area contributed by atoms with E-state index in [4.69, 9.17) is 4.74 Å². The Kier molecular flexibility index (Phi) is 3.55. The molecule has 0 amide bonds. The molecule has 106 valence electrons. The van der Waals surface area contributed by atoms with Gasteiger partial charge in [0.05, 0.1) is 12.2 Å². The molecule has 4 heteroatoms. The normalized spacial score (nSPS) is 34.2. The maximum atomic E-state index is 9.75. The number of nitriles is 1. The molecule has 0 aromatic heterocycles. The summed E-state index contributed by atoms with van der Waals surface area (Å²) >= 11 is 0. The van der Waals surface area contributed by atoms with Crippen molar-refractivity contribution in [2.45, 2.75) is 62.8 Å². The third kappa shape index (κ3) is 2.79. The van der Waals surface area contributed by atoms with Crippen molar-refractivity contribution in [2.24, 2.45) is 5.92 Å². The van der Waals surface area contributed by atoms with Crippen molar-refractivity contribution in [3.8, 4) is 6.07 Å². The highest BCUT2D eigenvalue weighted by atomic mass is 16.5. The summed E-state index contributed by atoms with van der Waals surface area (Å²) in [6.45, 7) is 3.84. The molecule has 1 aliphatic heterocycles. The standard InChI is InChI=1S/C15H25N3O/c1-11-14(7-8-19-11)18(2)10-15(9-16,12-3-4-12)17-13-5-6-13/h11-14,17H,3-8,10H2,1-2H3. The van der Waals surface area contributed by atoms with Crippen molar-refractivity contribution in [3.63, 3.8) is 0 Å². The Hall–Kier alpha value is -0.630. The van der Waals surface area contributed by atoms with Crippen LogP contribution in [0.4, 0.5) is 0 Å². The SMILES string of the molecule is CC1OCCC1N(C)CC(C#N)(NC1CC1)C1CC1. The Morgan fingerprint density at radius 3 is 2.53 bits per heavy atom. The number of hydrogen-bond acceptors (Lipinski definition) is 4. The van der Waals surface area contributed by atoms with Gasteiger partial charge in [-0.1, -0.05) is 0 Å². The number of hydrogen-bond donors (Lipinski definition) is 1. The van der Waals surface area contributed by atoms with Crippen LogP contribution in [0.2, 0.25) is 0 Å². The Morgan fingerprint density at radius 1 is 1.32 bits per heavy atom. The van der Waals surface area contributed by atoms with Gasteiger partial charge in [0.2, 0.25) is 0 Å². The molecule has 19 heavy (non-hydrogen) atoms. The number of rotatable bonds is 6. The largest absolute Gasteiger partial charge is 0.377 e. The summed E-state index contributed by atoms with van der Waals surface area (Å²) in [6, 6.07) is 3.68. The monoisotopic (exact) mass is 263 g/mol. The predicted molar refractivity (Wildman–Crippen MR) is 73.7 cm³/mol. The summed E-state index contributed by atoms with van der Waals surface area (Å²) < 4.78 is 5.66. The lowest BCUT2D eigenvalue weighted by Gasteiger charge is -2.36. The fourth-order valence-corrected chi connectivity index (χ4v) is 3.43. The third-order valence-corrected chi connectivity index (χ3v) is 4.91. The molecule has 3 fully saturated rings. The molecule has 0 aromatic carbocycles. The molecule has 3 atom stereocenters. The zero-order valence-electron chi connectivity index (χ0n) is 12.1. The van der Waals surface area contributed by atoms with Crippen LogP contribution in [0.25, 0.3) is 0 Å². The minimum atomic E-state index is -0.321. The van der Waals surface area contributed by atoms with E-state index in [1.807, 2.05) is 0 Å². The van der Waals surface area contributed by atoms with E-state index in [0.29, 0.717) is 24.1 Å². The van der Waals surface area contributed by atoms with Crippen LogP contribution < -0.4 is 5.32 Å². The van der Waals surface area contributed by atoms with Gasteiger partial charge < -0.3 is 4.74 Å². The fourth-order valence-electron chi connectivity index (χ4n) is 3.43. The molecule has 0 aromatic rings. The molecule has 1 saturated heterocycles. The van der Waals surface area contributed by atoms with Gasteiger partial charge in [-0.3, -0.25) is 10.2 Å². The van der Waals surface area contributed by atoms with Gasteiger partial charge in [-0.2, -0.15) is 5.26 Å². The molecule has 3 aliphatic rings. The summed E-state index contributed by atoms with van der Waals surface area (Å²) in [4.78, 5) is 2.36. The number of ether oxygens (including phenoxy) is 1. The first kappa shape index (κ1) is 13.4. The lowest BCUT2D eigenvalue weighted by molar-refractivity contribution is 0.0740. The van der Waals surface area contributed by atoms with Crippen LogP contribution in [0.1, 0.15) is 39.0 Å². The van der Waals surface area contributed by atoms with Crippen LogP contribution in [0.3, 0.4) is 0 Å². The minimum Gasteiger partial charge on any atom is -0.377 e. The van der Waals surface area contributed by atoms with Gasteiger partial charge >= 0.3 is 0 Å². The Balaban J connectivity index is 1.67. The van der Waals surface area contributed by atoms with Crippen molar-refractivity contribution < 1.29 is 4.74 Å². The molecule has 0 radical (unpaired) electrons. The zero-order chi connectivity index (χ0) is 13.5. The molecule has 1 N–H and O–H groups in total. The van der Waals surface area contributed by atoms with Crippen LogP contribution in [0, 0.1) is 17.2 Å². The second kappa shape index (κ2) is 5.05. The van der Waals surface area contributed by atoms with Crippen LogP contribution in [0.15, 0.2) is 0 Å². The first-order valence-electron chi connectivity index (χ1n) is 7.65. The second-order valence-corrected chi connectivity index (χ2v) is 6.62. The maximum Gasteiger partial charge on any atom is 0.122 e. The van der Waals surface area contributed by atoms with Gasteiger partial charge in [-0.05, 0) is 52.0 Å². The average molecular weight is 263 g/mol. The average Bonchev–Trinajstić information content (AvgIpc) is 3.28. The molecular formula is C15H25N3O. The lowest BCUT2D eigenvalue weighted by atomic mass is 9.92. The highest BCUT2D eigenvalue weighted by molar-refractivity contribution is 5.18. The molecular weight excluding hydrogens is 238 g/mol. The van der Waals surface area contributed by atoms with Gasteiger partial charge in [-0.25, -0.2) is 0 Å². The first-order valence-corrected chi connectivity index (χ1v) is 7.65. The van der Waals surface area contributed by atoms with Gasteiger partial charge in [0.15, 0.2) is 0 Å². The van der Waals surface area contributed by atoms with Crippen LogP contribution in [-0.4, -0.2) is 48.8 Å². The smallest absolute Gasteiger partial charge is 0.122 e. The van der Waals surface area contributed by atoms with Gasteiger partial charge in [-0.15, -0.1) is 0 Å². The Bertz CT molecular complexity index is 372. The summed E-state index contributed by atoms with van der Waals surface area (Å²) in [5.74, 6) is 0.554. The summed E-state index contributed by atoms with van der Waals surface area (Å²) in [6.07, 6.45) is 6.27. The van der Waals surface area contributed by atoms with Crippen molar-refractivity contribution in [1.82, 2.24) is 10.2 Å². The van der Waals surface area contributed by atoms with Gasteiger partial charge in [0, 0.05) is 25.2 Å². The van der Waals surface area contributed by atoms with Crippen molar-refractivity contribution in [1.29, 1.82) is 5.26 Å². The molecule has 2 aliphatic carbocycles. The van der Waals surface area contributed by atoms with E-state index in [2.05, 4.69) is 30.3 Å². The molecule has 0 bridgehead atoms. The highest BCUT2D eigenvalue weighted by Gasteiger charge is 2.49. The third-order valence-electron chi connectivity index (χ3n) is 4.91. The van der Waals surface area contributed by atoms with E-state index in [0.717, 1.165) is 19.6 Å². The lowest BCUT2D eigenvalue weighted by Crippen LogP contribution is -2.56.